The molecule has 2 heterocycles. The average Bonchev–Trinajstić information content (AvgIpc) is 2.49. The number of hydrogen-bond donors (Lipinski definition) is 1. The van der Waals surface area contributed by atoms with Crippen molar-refractivity contribution < 1.29 is 0 Å². The molecule has 0 aromatic heterocycles. The van der Waals surface area contributed by atoms with Crippen LogP contribution in [0.5, 0.6) is 0 Å². The standard InChI is InChI=1S/C13H28N4/c1-12-4-6-17(7-5-14-12)11-13-10-15(2)8-9-16(13)3/h12-14H,4-11H2,1-3H3. The minimum absolute atomic E-state index is 0.687. The normalized spacial score (nSPS) is 34.8. The maximum atomic E-state index is 3.57. The van der Waals surface area contributed by atoms with E-state index in [1.54, 1.807) is 0 Å². The second kappa shape index (κ2) is 6.14. The van der Waals surface area contributed by atoms with Gasteiger partial charge in [-0.1, -0.05) is 0 Å². The minimum atomic E-state index is 0.687. The smallest absolute Gasteiger partial charge is 0.0347 e. The molecule has 0 spiro atoms. The van der Waals surface area contributed by atoms with Crippen LogP contribution in [0.1, 0.15) is 13.3 Å². The van der Waals surface area contributed by atoms with E-state index in [9.17, 15) is 0 Å². The molecule has 2 atom stereocenters. The van der Waals surface area contributed by atoms with Gasteiger partial charge in [0.05, 0.1) is 0 Å². The van der Waals surface area contributed by atoms with Crippen molar-refractivity contribution in [2.24, 2.45) is 0 Å². The number of nitrogens with zero attached hydrogens (tertiary/aromatic N) is 3. The molecule has 2 fully saturated rings. The lowest BCUT2D eigenvalue weighted by Crippen LogP contribution is -2.54. The first-order valence-electron chi connectivity index (χ1n) is 6.99. The molecule has 0 saturated carbocycles. The van der Waals surface area contributed by atoms with Crippen LogP contribution in [-0.2, 0) is 0 Å². The molecule has 0 amide bonds. The highest BCUT2D eigenvalue weighted by Crippen LogP contribution is 2.09. The third-order valence-electron chi connectivity index (χ3n) is 4.25. The summed E-state index contributed by atoms with van der Waals surface area (Å²) < 4.78 is 0. The van der Waals surface area contributed by atoms with Crippen molar-refractivity contribution in [1.82, 2.24) is 20.0 Å². The Hall–Kier alpha value is -0.160. The molecule has 2 saturated heterocycles. The van der Waals surface area contributed by atoms with Gasteiger partial charge in [-0.05, 0) is 34.0 Å². The molecule has 2 rings (SSSR count). The SMILES string of the molecule is CC1CCN(CC2CN(C)CCN2C)CCN1. The van der Waals surface area contributed by atoms with E-state index in [4.69, 9.17) is 0 Å². The molecule has 100 valence electrons. The summed E-state index contributed by atoms with van der Waals surface area (Å²) in [5.74, 6) is 0. The Kier molecular flexibility index (Phi) is 4.79. The molecule has 0 aliphatic carbocycles. The van der Waals surface area contributed by atoms with Crippen LogP contribution in [0, 0.1) is 0 Å². The highest BCUT2D eigenvalue weighted by Gasteiger charge is 2.24. The zero-order valence-corrected chi connectivity index (χ0v) is 11.7. The lowest BCUT2D eigenvalue weighted by atomic mass is 10.1. The first kappa shape index (κ1) is 13.3. The quantitative estimate of drug-likeness (QED) is 0.728. The van der Waals surface area contributed by atoms with Crippen LogP contribution in [-0.4, -0.2) is 86.7 Å². The van der Waals surface area contributed by atoms with Gasteiger partial charge in [-0.25, -0.2) is 0 Å². The molecule has 2 aliphatic rings. The van der Waals surface area contributed by atoms with Gasteiger partial charge in [-0.3, -0.25) is 4.90 Å². The second-order valence-corrected chi connectivity index (χ2v) is 5.84. The van der Waals surface area contributed by atoms with E-state index in [2.05, 4.69) is 41.0 Å². The van der Waals surface area contributed by atoms with E-state index in [1.807, 2.05) is 0 Å². The Morgan fingerprint density at radius 3 is 2.76 bits per heavy atom. The predicted molar refractivity (Wildman–Crippen MR) is 72.4 cm³/mol. The summed E-state index contributed by atoms with van der Waals surface area (Å²) >= 11 is 0. The van der Waals surface area contributed by atoms with Gasteiger partial charge in [0.25, 0.3) is 0 Å². The number of rotatable bonds is 2. The van der Waals surface area contributed by atoms with Crippen LogP contribution in [0.25, 0.3) is 0 Å². The van der Waals surface area contributed by atoms with Crippen LogP contribution in [0.4, 0.5) is 0 Å². The second-order valence-electron chi connectivity index (χ2n) is 5.84. The fraction of sp³-hybridized carbons (Fsp3) is 1.00. The van der Waals surface area contributed by atoms with Crippen LogP contribution in [0.15, 0.2) is 0 Å². The molecular weight excluding hydrogens is 212 g/mol. The van der Waals surface area contributed by atoms with Crippen molar-refractivity contribution in [2.75, 3.05) is 59.9 Å². The number of piperazine rings is 1. The molecule has 4 heteroatoms. The maximum Gasteiger partial charge on any atom is 0.0347 e. The first-order valence-corrected chi connectivity index (χ1v) is 6.99. The minimum Gasteiger partial charge on any atom is -0.313 e. The monoisotopic (exact) mass is 240 g/mol. The summed E-state index contributed by atoms with van der Waals surface area (Å²) in [6.45, 7) is 10.8. The molecule has 17 heavy (non-hydrogen) atoms. The van der Waals surface area contributed by atoms with E-state index >= 15 is 0 Å². The summed E-state index contributed by atoms with van der Waals surface area (Å²) in [7, 11) is 4.52. The van der Waals surface area contributed by atoms with Gasteiger partial charge in [0.1, 0.15) is 0 Å². The Balaban J connectivity index is 1.82. The summed E-state index contributed by atoms with van der Waals surface area (Å²) in [6.07, 6.45) is 1.28. The van der Waals surface area contributed by atoms with Crippen LogP contribution in [0.3, 0.4) is 0 Å². The van der Waals surface area contributed by atoms with Gasteiger partial charge in [0, 0.05) is 51.4 Å². The third kappa shape index (κ3) is 3.91. The van der Waals surface area contributed by atoms with Crippen molar-refractivity contribution in [2.45, 2.75) is 25.4 Å². The molecule has 4 nitrogen and oxygen atoms in total. The Morgan fingerprint density at radius 2 is 1.94 bits per heavy atom. The van der Waals surface area contributed by atoms with Gasteiger partial charge >= 0.3 is 0 Å². The molecule has 0 aromatic rings. The van der Waals surface area contributed by atoms with Gasteiger partial charge in [0.15, 0.2) is 0 Å². The maximum absolute atomic E-state index is 3.57. The molecule has 0 radical (unpaired) electrons. The fourth-order valence-corrected chi connectivity index (χ4v) is 2.84. The van der Waals surface area contributed by atoms with Gasteiger partial charge in [-0.15, -0.1) is 0 Å². The van der Waals surface area contributed by atoms with E-state index in [-0.39, 0.29) is 0 Å². The van der Waals surface area contributed by atoms with Crippen molar-refractivity contribution in [3.63, 3.8) is 0 Å². The van der Waals surface area contributed by atoms with E-state index in [0.717, 1.165) is 6.54 Å². The Morgan fingerprint density at radius 1 is 1.12 bits per heavy atom. The highest BCUT2D eigenvalue weighted by molar-refractivity contribution is 4.83. The van der Waals surface area contributed by atoms with E-state index in [1.165, 1.54) is 45.7 Å². The molecule has 1 N–H and O–H groups in total. The van der Waals surface area contributed by atoms with E-state index < -0.39 is 0 Å². The predicted octanol–water partition coefficient (Wildman–Crippen LogP) is -0.0840. The average molecular weight is 240 g/mol. The van der Waals surface area contributed by atoms with Crippen molar-refractivity contribution >= 4 is 0 Å². The van der Waals surface area contributed by atoms with Gasteiger partial charge < -0.3 is 15.1 Å². The fourth-order valence-electron chi connectivity index (χ4n) is 2.84. The summed E-state index contributed by atoms with van der Waals surface area (Å²) in [6, 6.07) is 1.40. The zero-order valence-electron chi connectivity index (χ0n) is 11.7. The summed E-state index contributed by atoms with van der Waals surface area (Å²) in [5, 5.41) is 3.57. The van der Waals surface area contributed by atoms with Crippen molar-refractivity contribution in [1.29, 1.82) is 0 Å². The molecule has 0 bridgehead atoms. The van der Waals surface area contributed by atoms with Crippen molar-refractivity contribution in [3.05, 3.63) is 0 Å². The number of nitrogens with one attached hydrogen (secondary N) is 1. The lowest BCUT2D eigenvalue weighted by Gasteiger charge is -2.40. The third-order valence-corrected chi connectivity index (χ3v) is 4.25. The van der Waals surface area contributed by atoms with Crippen molar-refractivity contribution in [3.8, 4) is 0 Å². The lowest BCUT2D eigenvalue weighted by molar-refractivity contribution is 0.0840. The molecular formula is C13H28N4. The van der Waals surface area contributed by atoms with Crippen LogP contribution >= 0.6 is 0 Å². The van der Waals surface area contributed by atoms with E-state index in [0.29, 0.717) is 12.1 Å². The Bertz CT molecular complexity index is 233. The van der Waals surface area contributed by atoms with Crippen LogP contribution in [0.2, 0.25) is 0 Å². The number of hydrogen-bond acceptors (Lipinski definition) is 4. The Labute approximate surface area is 106 Å². The van der Waals surface area contributed by atoms with Crippen LogP contribution < -0.4 is 5.32 Å². The summed E-state index contributed by atoms with van der Waals surface area (Å²) in [4.78, 5) is 7.63. The molecule has 2 aliphatic heterocycles. The topological polar surface area (TPSA) is 21.8 Å². The van der Waals surface area contributed by atoms with Gasteiger partial charge in [0.2, 0.25) is 0 Å². The summed E-state index contributed by atoms with van der Waals surface area (Å²) in [5.41, 5.74) is 0. The largest absolute Gasteiger partial charge is 0.313 e. The number of likely N-dealkylation sites (N-methyl/N-ethyl adjacent to an activating group) is 2. The van der Waals surface area contributed by atoms with Gasteiger partial charge in [-0.2, -0.15) is 0 Å². The molecule has 0 aromatic carbocycles. The first-order chi connectivity index (χ1) is 8.15. The highest BCUT2D eigenvalue weighted by atomic mass is 15.3. The zero-order chi connectivity index (χ0) is 12.3. The molecule has 2 unspecified atom stereocenters.